The van der Waals surface area contributed by atoms with Gasteiger partial charge in [-0.2, -0.15) is 0 Å². The largest absolute Gasteiger partial charge is 0.515 e. The molecular weight excluding hydrogens is 961 g/mol. The smallest absolute Gasteiger partial charge is 0.396 e. The third-order valence-electron chi connectivity index (χ3n) is 11.6. The Morgan fingerprint density at radius 2 is 0.385 bits per heavy atom. The molecule has 0 aromatic heterocycles. The van der Waals surface area contributed by atoms with E-state index < -0.39 is 77.0 Å². The highest BCUT2D eigenvalue weighted by Gasteiger charge is 2.86. The minimum absolute atomic E-state index is 0.158. The zero-order valence-corrected chi connectivity index (χ0v) is 42.5. The van der Waals surface area contributed by atoms with Crippen molar-refractivity contribution in [1.82, 2.24) is 0 Å². The standard InChI is InChI=1S/C44H40O13Si8/c45-36-37-58-46-59(38-22-8-1-9-23-38)49-62(41-28-14-4-15-29-41)51-60(47-58,39-24-10-2-11-25-39)53-64(43-32-18-6-19-33-43)54-61(48-58,40-26-12-3-13-27-40)52-63(50-59,42-30-16-5-17-31-42)56-65(55-62,57-64)44-34-20-7-21-35-44/h1-35,45H,36-37H2. The third kappa shape index (κ3) is 6.92. The summed E-state index contributed by atoms with van der Waals surface area (Å²) in [6.45, 7) is -0.429. The molecule has 6 saturated heterocycles. The lowest BCUT2D eigenvalue weighted by atomic mass is 10.4. The fraction of sp³-hybridized carbons (Fsp3) is 0.0455. The van der Waals surface area contributed by atoms with E-state index in [0.29, 0.717) is 36.3 Å². The van der Waals surface area contributed by atoms with E-state index in [0.717, 1.165) is 0 Å². The van der Waals surface area contributed by atoms with Crippen molar-refractivity contribution in [1.29, 1.82) is 0 Å². The second kappa shape index (κ2) is 15.9. The molecule has 0 amide bonds. The Kier molecular flexibility index (Phi) is 10.3. The van der Waals surface area contributed by atoms with Crippen molar-refractivity contribution in [3.63, 3.8) is 0 Å². The first-order valence-electron chi connectivity index (χ1n) is 21.2. The number of aliphatic hydroxyl groups excluding tert-OH is 1. The van der Waals surface area contributed by atoms with Gasteiger partial charge in [-0.15, -0.1) is 0 Å². The molecule has 0 aliphatic carbocycles. The fourth-order valence-corrected chi connectivity index (χ4v) is 55.0. The predicted molar refractivity (Wildman–Crippen MR) is 253 cm³/mol. The van der Waals surface area contributed by atoms with Crippen LogP contribution in [0.4, 0.5) is 0 Å². The molecule has 6 heterocycles. The highest BCUT2D eigenvalue weighted by molar-refractivity contribution is 7.13. The van der Waals surface area contributed by atoms with Gasteiger partial charge in [-0.05, 0) is 0 Å². The van der Waals surface area contributed by atoms with Gasteiger partial charge >= 0.3 is 70.4 Å². The molecule has 0 radical (unpaired) electrons. The van der Waals surface area contributed by atoms with Crippen molar-refractivity contribution in [2.75, 3.05) is 6.61 Å². The van der Waals surface area contributed by atoms with Crippen molar-refractivity contribution in [3.8, 4) is 0 Å². The van der Waals surface area contributed by atoms with Crippen LogP contribution in [0.2, 0.25) is 6.04 Å². The van der Waals surface area contributed by atoms with E-state index >= 15 is 0 Å². The minimum atomic E-state index is -4.72. The molecule has 0 unspecified atom stereocenters. The first-order valence-corrected chi connectivity index (χ1v) is 35.2. The van der Waals surface area contributed by atoms with Crippen LogP contribution in [0.3, 0.4) is 0 Å². The number of aliphatic hydroxyl groups is 1. The average molecular weight is 1000 g/mol. The Labute approximate surface area is 384 Å². The minimum Gasteiger partial charge on any atom is -0.396 e. The van der Waals surface area contributed by atoms with E-state index in [1.807, 2.05) is 212 Å². The average Bonchev–Trinajstić information content (AvgIpc) is 3.33. The van der Waals surface area contributed by atoms with E-state index in [-0.39, 0.29) is 6.04 Å². The Balaban J connectivity index is 1.30. The van der Waals surface area contributed by atoms with Crippen LogP contribution in [0, 0.1) is 0 Å². The van der Waals surface area contributed by atoms with Crippen molar-refractivity contribution in [2.24, 2.45) is 0 Å². The van der Waals surface area contributed by atoms with Crippen LogP contribution in [0.5, 0.6) is 0 Å². The van der Waals surface area contributed by atoms with Gasteiger partial charge < -0.3 is 54.5 Å². The molecule has 8 bridgehead atoms. The normalized spacial score (nSPS) is 34.7. The van der Waals surface area contributed by atoms with Gasteiger partial charge in [0.05, 0.1) is 0 Å². The second-order valence-electron chi connectivity index (χ2n) is 15.8. The number of benzene rings is 7. The van der Waals surface area contributed by atoms with Gasteiger partial charge in [0.1, 0.15) is 0 Å². The van der Waals surface area contributed by atoms with Crippen LogP contribution in [-0.4, -0.2) is 82.1 Å². The number of hydrogen-bond acceptors (Lipinski definition) is 13. The lowest BCUT2D eigenvalue weighted by Gasteiger charge is -2.62. The molecule has 6 aliphatic heterocycles. The van der Waals surface area contributed by atoms with Crippen LogP contribution in [0.15, 0.2) is 212 Å². The van der Waals surface area contributed by atoms with Crippen LogP contribution in [-0.2, 0) is 49.4 Å². The van der Waals surface area contributed by atoms with Gasteiger partial charge in [0, 0.05) is 49.0 Å². The SMILES string of the molecule is OCC[Si]12O[Si]3(c4ccccc4)O[Si]4(c5ccccc5)O[Si](c5ccccc5)(O1)O[Si]1(c5ccccc5)O[Si](c5ccccc5)(O2)O[Si](c2ccccc2)(O3)O[Si](c2ccccc2)(O4)O1. The Morgan fingerprint density at radius 3 is 0.538 bits per heavy atom. The zero-order chi connectivity index (χ0) is 43.7. The van der Waals surface area contributed by atoms with Gasteiger partial charge in [-0.1, -0.05) is 212 Å². The van der Waals surface area contributed by atoms with Gasteiger partial charge in [0.25, 0.3) is 0 Å². The molecule has 6 aliphatic rings. The van der Waals surface area contributed by atoms with Gasteiger partial charge in [-0.25, -0.2) is 0 Å². The highest BCUT2D eigenvalue weighted by atomic mass is 28.6. The maximum atomic E-state index is 11.3. The fourth-order valence-electron chi connectivity index (χ4n) is 8.73. The molecule has 13 rings (SSSR count). The van der Waals surface area contributed by atoms with Crippen LogP contribution >= 0.6 is 0 Å². The van der Waals surface area contributed by atoms with Crippen LogP contribution in [0.1, 0.15) is 0 Å². The number of hydrogen-bond donors (Lipinski definition) is 1. The monoisotopic (exact) mass is 1000 g/mol. The molecule has 7 aromatic rings. The maximum absolute atomic E-state index is 11.3. The molecule has 65 heavy (non-hydrogen) atoms. The second-order valence-corrected chi connectivity index (χ2v) is 39.3. The molecule has 0 saturated carbocycles. The van der Waals surface area contributed by atoms with Gasteiger partial charge in [-0.3, -0.25) is 0 Å². The molecule has 0 atom stereocenters. The molecule has 21 heteroatoms. The number of rotatable bonds is 9. The van der Waals surface area contributed by atoms with E-state index in [2.05, 4.69) is 0 Å². The topological polar surface area (TPSA) is 131 Å². The van der Waals surface area contributed by atoms with E-state index in [1.165, 1.54) is 0 Å². The Morgan fingerprint density at radius 1 is 0.231 bits per heavy atom. The molecule has 7 aromatic carbocycles. The van der Waals surface area contributed by atoms with Crippen LogP contribution < -0.4 is 36.3 Å². The predicted octanol–water partition coefficient (Wildman–Crippen LogP) is 2.11. The quantitative estimate of drug-likeness (QED) is 0.212. The summed E-state index contributed by atoms with van der Waals surface area (Å²) < 4.78 is 95.1. The van der Waals surface area contributed by atoms with E-state index in [4.69, 9.17) is 49.4 Å². The van der Waals surface area contributed by atoms with Crippen LogP contribution in [0.25, 0.3) is 0 Å². The van der Waals surface area contributed by atoms with Crippen molar-refractivity contribution in [2.45, 2.75) is 6.04 Å². The summed E-state index contributed by atoms with van der Waals surface area (Å²) in [5, 5.41) is 15.1. The van der Waals surface area contributed by atoms with E-state index in [1.54, 1.807) is 0 Å². The molecule has 0 spiro atoms. The molecule has 13 nitrogen and oxygen atoms in total. The molecule has 326 valence electrons. The first-order chi connectivity index (χ1) is 31.8. The third-order valence-corrected chi connectivity index (χ3v) is 46.0. The Bertz CT molecular complexity index is 2510. The maximum Gasteiger partial charge on any atom is 0.515 e. The van der Waals surface area contributed by atoms with Gasteiger partial charge in [0.15, 0.2) is 0 Å². The first kappa shape index (κ1) is 42.1. The van der Waals surface area contributed by atoms with Crippen molar-refractivity contribution >= 4 is 107 Å². The molecular formula is C44H40O13Si8. The summed E-state index contributed by atoms with van der Waals surface area (Å²) >= 11 is 0. The lowest BCUT2D eigenvalue weighted by Crippen LogP contribution is -2.95. The highest BCUT2D eigenvalue weighted by Crippen LogP contribution is 2.49. The summed E-state index contributed by atoms with van der Waals surface area (Å²) in [5.41, 5.74) is 0. The zero-order valence-electron chi connectivity index (χ0n) is 34.5. The lowest BCUT2D eigenvalue weighted by molar-refractivity contribution is -0.00734. The van der Waals surface area contributed by atoms with Crippen molar-refractivity contribution < 1.29 is 54.5 Å². The Hall–Kier alpha value is -4.24. The molecule has 6 fully saturated rings. The summed E-state index contributed by atoms with van der Waals surface area (Å²) in [4.78, 5) is 0. The summed E-state index contributed by atoms with van der Waals surface area (Å²) in [6, 6.07) is 66.1. The summed E-state index contributed by atoms with van der Waals surface area (Å²) in [6.07, 6.45) is 0. The summed E-state index contributed by atoms with van der Waals surface area (Å²) in [5.74, 6) is 0. The van der Waals surface area contributed by atoms with E-state index in [9.17, 15) is 5.11 Å². The van der Waals surface area contributed by atoms with Crippen molar-refractivity contribution in [3.05, 3.63) is 212 Å². The summed E-state index contributed by atoms with van der Waals surface area (Å²) in [7, 11) is -37.6. The van der Waals surface area contributed by atoms with Gasteiger partial charge in [0.2, 0.25) is 0 Å². The molecule has 1 N–H and O–H groups in total.